The molecule has 0 spiro atoms. The SMILES string of the molecule is O=C(COC(=O)/C=C/c1nc2ccccc2s1)Nc1ccc(F)cc1. The minimum Gasteiger partial charge on any atom is -0.452 e. The number of benzene rings is 2. The number of fused-ring (bicyclic) bond motifs is 1. The maximum Gasteiger partial charge on any atom is 0.331 e. The van der Waals surface area contributed by atoms with E-state index in [1.807, 2.05) is 24.3 Å². The predicted octanol–water partition coefficient (Wildman–Crippen LogP) is 3.63. The smallest absolute Gasteiger partial charge is 0.331 e. The van der Waals surface area contributed by atoms with Crippen molar-refractivity contribution in [1.82, 2.24) is 4.98 Å². The molecule has 5 nitrogen and oxygen atoms in total. The molecule has 1 amide bonds. The minimum atomic E-state index is -0.645. The highest BCUT2D eigenvalue weighted by Gasteiger charge is 2.06. The van der Waals surface area contributed by atoms with Crippen LogP contribution in [0.25, 0.3) is 16.3 Å². The molecular formula is C18H13FN2O3S. The van der Waals surface area contributed by atoms with Gasteiger partial charge >= 0.3 is 5.97 Å². The van der Waals surface area contributed by atoms with Gasteiger partial charge in [0.05, 0.1) is 10.2 Å². The van der Waals surface area contributed by atoms with Gasteiger partial charge in [-0.3, -0.25) is 4.79 Å². The summed E-state index contributed by atoms with van der Waals surface area (Å²) in [7, 11) is 0. The average Bonchev–Trinajstić information content (AvgIpc) is 3.03. The van der Waals surface area contributed by atoms with Crippen LogP contribution in [0.3, 0.4) is 0 Å². The molecule has 126 valence electrons. The average molecular weight is 356 g/mol. The van der Waals surface area contributed by atoms with Gasteiger partial charge in [-0.1, -0.05) is 12.1 Å². The number of amides is 1. The summed E-state index contributed by atoms with van der Waals surface area (Å²) < 4.78 is 18.7. The summed E-state index contributed by atoms with van der Waals surface area (Å²) in [5.74, 6) is -1.55. The molecule has 0 saturated carbocycles. The largest absolute Gasteiger partial charge is 0.452 e. The molecule has 3 rings (SSSR count). The number of rotatable bonds is 5. The van der Waals surface area contributed by atoms with Gasteiger partial charge < -0.3 is 10.1 Å². The van der Waals surface area contributed by atoms with Gasteiger partial charge in [0.15, 0.2) is 6.61 Å². The molecule has 1 aromatic heterocycles. The van der Waals surface area contributed by atoms with Crippen LogP contribution in [0.4, 0.5) is 10.1 Å². The number of aromatic nitrogens is 1. The number of carbonyl (C=O) groups is 2. The third-order valence-corrected chi connectivity index (χ3v) is 4.15. The van der Waals surface area contributed by atoms with Crippen LogP contribution in [-0.4, -0.2) is 23.5 Å². The molecular weight excluding hydrogens is 343 g/mol. The number of ether oxygens (including phenoxy) is 1. The number of carbonyl (C=O) groups excluding carboxylic acids is 2. The van der Waals surface area contributed by atoms with Gasteiger partial charge in [0.1, 0.15) is 10.8 Å². The molecule has 0 bridgehead atoms. The Bertz CT molecular complexity index is 902. The van der Waals surface area contributed by atoms with E-state index in [-0.39, 0.29) is 0 Å². The minimum absolute atomic E-state index is 0.399. The number of anilines is 1. The van der Waals surface area contributed by atoms with Crippen LogP contribution < -0.4 is 5.32 Å². The Hall–Kier alpha value is -3.06. The van der Waals surface area contributed by atoms with Crippen LogP contribution in [0.1, 0.15) is 5.01 Å². The van der Waals surface area contributed by atoms with Crippen molar-refractivity contribution in [3.05, 3.63) is 65.4 Å². The second-order valence-electron chi connectivity index (χ2n) is 5.02. The second kappa shape index (κ2) is 7.67. The summed E-state index contributed by atoms with van der Waals surface area (Å²) in [6.45, 7) is -0.430. The molecule has 0 fully saturated rings. The number of esters is 1. The Balaban J connectivity index is 1.50. The summed E-state index contributed by atoms with van der Waals surface area (Å²) >= 11 is 1.45. The second-order valence-corrected chi connectivity index (χ2v) is 6.08. The van der Waals surface area contributed by atoms with E-state index in [1.165, 1.54) is 41.7 Å². The molecule has 3 aromatic rings. The number of para-hydroxylation sites is 1. The predicted molar refractivity (Wildman–Crippen MR) is 94.6 cm³/mol. The molecule has 0 aliphatic carbocycles. The van der Waals surface area contributed by atoms with Crippen molar-refractivity contribution in [3.63, 3.8) is 0 Å². The number of thiazole rings is 1. The van der Waals surface area contributed by atoms with E-state index >= 15 is 0 Å². The van der Waals surface area contributed by atoms with Crippen LogP contribution in [0.15, 0.2) is 54.6 Å². The van der Waals surface area contributed by atoms with Crippen molar-refractivity contribution in [1.29, 1.82) is 0 Å². The zero-order chi connectivity index (χ0) is 17.6. The van der Waals surface area contributed by atoms with Crippen LogP contribution >= 0.6 is 11.3 Å². The normalized spacial score (nSPS) is 10.9. The highest BCUT2D eigenvalue weighted by molar-refractivity contribution is 7.19. The molecule has 25 heavy (non-hydrogen) atoms. The quantitative estimate of drug-likeness (QED) is 0.560. The molecule has 0 aliphatic rings. The van der Waals surface area contributed by atoms with E-state index in [1.54, 1.807) is 6.08 Å². The summed E-state index contributed by atoms with van der Waals surface area (Å²) in [4.78, 5) is 27.7. The van der Waals surface area contributed by atoms with Crippen molar-refractivity contribution in [3.8, 4) is 0 Å². The van der Waals surface area contributed by atoms with E-state index < -0.39 is 24.3 Å². The van der Waals surface area contributed by atoms with Gasteiger partial charge in [0, 0.05) is 11.8 Å². The van der Waals surface area contributed by atoms with Crippen LogP contribution in [-0.2, 0) is 14.3 Å². The zero-order valence-corrected chi connectivity index (χ0v) is 13.8. The lowest BCUT2D eigenvalue weighted by molar-refractivity contribution is -0.142. The van der Waals surface area contributed by atoms with E-state index in [2.05, 4.69) is 10.3 Å². The highest BCUT2D eigenvalue weighted by atomic mass is 32.1. The van der Waals surface area contributed by atoms with Crippen molar-refractivity contribution < 1.29 is 18.7 Å². The number of nitrogens with one attached hydrogen (secondary N) is 1. The Morgan fingerprint density at radius 3 is 2.68 bits per heavy atom. The summed E-state index contributed by atoms with van der Waals surface area (Å²) in [5, 5.41) is 3.17. The lowest BCUT2D eigenvalue weighted by Gasteiger charge is -2.05. The molecule has 2 aromatic carbocycles. The fourth-order valence-electron chi connectivity index (χ4n) is 2.02. The van der Waals surface area contributed by atoms with Gasteiger partial charge in [0.2, 0.25) is 0 Å². The Labute approximate surface area is 146 Å². The first-order valence-electron chi connectivity index (χ1n) is 7.36. The molecule has 0 radical (unpaired) electrons. The number of nitrogens with zero attached hydrogens (tertiary/aromatic N) is 1. The fraction of sp³-hybridized carbons (Fsp3) is 0.0556. The summed E-state index contributed by atoms with van der Waals surface area (Å²) in [6, 6.07) is 12.9. The maximum absolute atomic E-state index is 12.8. The maximum atomic E-state index is 12.8. The lowest BCUT2D eigenvalue weighted by Crippen LogP contribution is -2.20. The molecule has 0 saturated heterocycles. The van der Waals surface area contributed by atoms with E-state index in [9.17, 15) is 14.0 Å². The Morgan fingerprint density at radius 1 is 1.16 bits per heavy atom. The third kappa shape index (κ3) is 4.71. The van der Waals surface area contributed by atoms with Crippen LogP contribution in [0.2, 0.25) is 0 Å². The first-order chi connectivity index (χ1) is 12.1. The summed E-state index contributed by atoms with van der Waals surface area (Å²) in [5.41, 5.74) is 1.28. The number of hydrogen-bond donors (Lipinski definition) is 1. The first kappa shape index (κ1) is 16.8. The molecule has 0 unspecified atom stereocenters. The molecule has 1 heterocycles. The molecule has 0 aliphatic heterocycles. The van der Waals surface area contributed by atoms with Gasteiger partial charge in [-0.05, 0) is 42.5 Å². The zero-order valence-electron chi connectivity index (χ0n) is 12.9. The monoisotopic (exact) mass is 356 g/mol. The van der Waals surface area contributed by atoms with Crippen molar-refractivity contribution in [2.75, 3.05) is 11.9 Å². The molecule has 0 atom stereocenters. The van der Waals surface area contributed by atoms with Gasteiger partial charge in [-0.2, -0.15) is 0 Å². The van der Waals surface area contributed by atoms with E-state index in [0.717, 1.165) is 10.2 Å². The molecule has 7 heteroatoms. The lowest BCUT2D eigenvalue weighted by atomic mass is 10.3. The fourth-order valence-corrected chi connectivity index (χ4v) is 2.89. The number of halogens is 1. The van der Waals surface area contributed by atoms with E-state index in [4.69, 9.17) is 4.74 Å². The van der Waals surface area contributed by atoms with Crippen molar-refractivity contribution in [2.45, 2.75) is 0 Å². The third-order valence-electron chi connectivity index (χ3n) is 3.15. The Kier molecular flexibility index (Phi) is 5.15. The topological polar surface area (TPSA) is 68.3 Å². The van der Waals surface area contributed by atoms with Crippen LogP contribution in [0.5, 0.6) is 0 Å². The standard InChI is InChI=1S/C18H13FN2O3S/c19-12-5-7-13(8-6-12)20-16(22)11-24-18(23)10-9-17-21-14-3-1-2-4-15(14)25-17/h1-10H,11H2,(H,20,22)/b10-9+. The van der Waals surface area contributed by atoms with Gasteiger partial charge in [0.25, 0.3) is 5.91 Å². The van der Waals surface area contributed by atoms with Crippen molar-refractivity contribution >= 4 is 45.2 Å². The summed E-state index contributed by atoms with van der Waals surface area (Å²) in [6.07, 6.45) is 2.77. The van der Waals surface area contributed by atoms with E-state index in [0.29, 0.717) is 10.7 Å². The first-order valence-corrected chi connectivity index (χ1v) is 8.17. The van der Waals surface area contributed by atoms with Crippen LogP contribution in [0, 0.1) is 5.82 Å². The molecule has 1 N–H and O–H groups in total. The number of hydrogen-bond acceptors (Lipinski definition) is 5. The highest BCUT2D eigenvalue weighted by Crippen LogP contribution is 2.22. The van der Waals surface area contributed by atoms with Gasteiger partial charge in [-0.25, -0.2) is 14.2 Å². The van der Waals surface area contributed by atoms with Gasteiger partial charge in [-0.15, -0.1) is 11.3 Å². The Morgan fingerprint density at radius 2 is 1.92 bits per heavy atom. The van der Waals surface area contributed by atoms with Crippen molar-refractivity contribution in [2.24, 2.45) is 0 Å².